The second kappa shape index (κ2) is 9.07. The molecule has 1 fully saturated rings. The molecule has 0 spiro atoms. The molecule has 1 aliphatic rings. The van der Waals surface area contributed by atoms with Crippen LogP contribution in [0.25, 0.3) is 10.9 Å². The average Bonchev–Trinajstić information content (AvgIpc) is 3.16. The van der Waals surface area contributed by atoms with Crippen molar-refractivity contribution in [1.29, 1.82) is 0 Å². The van der Waals surface area contributed by atoms with E-state index in [0.717, 1.165) is 55.1 Å². The van der Waals surface area contributed by atoms with E-state index >= 15 is 0 Å². The molecular weight excluding hydrogens is 368 g/mol. The van der Waals surface area contributed by atoms with Crippen molar-refractivity contribution in [1.82, 2.24) is 20.0 Å². The molecule has 152 valence electrons. The number of hydrogen-bond donors (Lipinski definition) is 1. The van der Waals surface area contributed by atoms with E-state index in [2.05, 4.69) is 15.3 Å². The van der Waals surface area contributed by atoms with Crippen LogP contribution in [0.1, 0.15) is 16.1 Å². The Labute approximate surface area is 170 Å². The molecule has 1 aliphatic heterocycles. The number of carbonyl (C=O) groups excluding carboxylic acids is 1. The van der Waals surface area contributed by atoms with E-state index in [1.54, 1.807) is 7.11 Å². The minimum Gasteiger partial charge on any atom is -0.494 e. The number of amides is 1. The third-order valence-corrected chi connectivity index (χ3v) is 5.20. The van der Waals surface area contributed by atoms with Gasteiger partial charge in [-0.15, -0.1) is 0 Å². The van der Waals surface area contributed by atoms with Crippen LogP contribution in [0.3, 0.4) is 0 Å². The number of para-hydroxylation sites is 1. The molecule has 0 radical (unpaired) electrons. The molecule has 1 N–H and O–H groups in total. The number of ether oxygens (including phenoxy) is 2. The highest BCUT2D eigenvalue weighted by Crippen LogP contribution is 2.28. The number of morpholine rings is 1. The van der Waals surface area contributed by atoms with Gasteiger partial charge in [-0.3, -0.25) is 14.4 Å². The lowest BCUT2D eigenvalue weighted by molar-refractivity contribution is 0.0361. The van der Waals surface area contributed by atoms with Crippen LogP contribution in [0.15, 0.2) is 48.5 Å². The first-order valence-electron chi connectivity index (χ1n) is 9.92. The first-order valence-corrected chi connectivity index (χ1v) is 9.92. The zero-order valence-electron chi connectivity index (χ0n) is 16.6. The fourth-order valence-electron chi connectivity index (χ4n) is 3.62. The molecular formula is C22H26N4O3. The van der Waals surface area contributed by atoms with E-state index in [-0.39, 0.29) is 5.91 Å². The molecule has 0 saturated carbocycles. The Bertz CT molecular complexity index is 965. The zero-order valence-corrected chi connectivity index (χ0v) is 16.6. The van der Waals surface area contributed by atoms with Crippen molar-refractivity contribution >= 4 is 16.8 Å². The van der Waals surface area contributed by atoms with Gasteiger partial charge >= 0.3 is 0 Å². The second-order valence-corrected chi connectivity index (χ2v) is 7.05. The van der Waals surface area contributed by atoms with Gasteiger partial charge < -0.3 is 14.8 Å². The van der Waals surface area contributed by atoms with Gasteiger partial charge in [0.2, 0.25) is 0 Å². The largest absolute Gasteiger partial charge is 0.494 e. The van der Waals surface area contributed by atoms with E-state index in [9.17, 15) is 4.79 Å². The van der Waals surface area contributed by atoms with Crippen LogP contribution >= 0.6 is 0 Å². The number of nitrogens with one attached hydrogen (secondary N) is 1. The van der Waals surface area contributed by atoms with Gasteiger partial charge in [-0.1, -0.05) is 42.5 Å². The molecule has 4 rings (SSSR count). The van der Waals surface area contributed by atoms with Gasteiger partial charge in [0.1, 0.15) is 11.3 Å². The fraction of sp³-hybridized carbons (Fsp3) is 0.364. The highest BCUT2D eigenvalue weighted by atomic mass is 16.5. The van der Waals surface area contributed by atoms with Crippen molar-refractivity contribution in [2.24, 2.45) is 0 Å². The summed E-state index contributed by atoms with van der Waals surface area (Å²) in [5.74, 6) is 0.538. The number of carbonyl (C=O) groups is 1. The Morgan fingerprint density at radius 2 is 1.90 bits per heavy atom. The molecule has 0 aliphatic carbocycles. The highest BCUT2D eigenvalue weighted by Gasteiger charge is 2.20. The maximum atomic E-state index is 12.9. The zero-order chi connectivity index (χ0) is 20.1. The highest BCUT2D eigenvalue weighted by molar-refractivity contribution is 6.06. The number of rotatable bonds is 7. The SMILES string of the molecule is COc1cccc2c(C(=O)NCc3ccccc3)nn(CCN3CCOCC3)c12. The van der Waals surface area contributed by atoms with Gasteiger partial charge in [-0.2, -0.15) is 5.10 Å². The van der Waals surface area contributed by atoms with Gasteiger partial charge in [0, 0.05) is 31.6 Å². The predicted octanol–water partition coefficient (Wildman–Crippen LogP) is 2.31. The maximum Gasteiger partial charge on any atom is 0.272 e. The first kappa shape index (κ1) is 19.4. The van der Waals surface area contributed by atoms with Crippen molar-refractivity contribution in [2.75, 3.05) is 40.0 Å². The van der Waals surface area contributed by atoms with Crippen molar-refractivity contribution in [3.8, 4) is 5.75 Å². The van der Waals surface area contributed by atoms with Crippen LogP contribution in [0, 0.1) is 0 Å². The number of hydrogen-bond acceptors (Lipinski definition) is 5. The van der Waals surface area contributed by atoms with Crippen molar-refractivity contribution in [2.45, 2.75) is 13.1 Å². The van der Waals surface area contributed by atoms with Gasteiger partial charge in [-0.25, -0.2) is 0 Å². The summed E-state index contributed by atoms with van der Waals surface area (Å²) in [6, 6.07) is 15.6. The molecule has 29 heavy (non-hydrogen) atoms. The molecule has 1 saturated heterocycles. The van der Waals surface area contributed by atoms with Gasteiger partial charge in [0.15, 0.2) is 5.69 Å². The van der Waals surface area contributed by atoms with Crippen LogP contribution in [-0.4, -0.2) is 60.5 Å². The lowest BCUT2D eigenvalue weighted by Crippen LogP contribution is -2.38. The van der Waals surface area contributed by atoms with Crippen LogP contribution in [0.5, 0.6) is 5.75 Å². The number of aromatic nitrogens is 2. The molecule has 0 atom stereocenters. The topological polar surface area (TPSA) is 68.6 Å². The lowest BCUT2D eigenvalue weighted by atomic mass is 10.1. The van der Waals surface area contributed by atoms with Crippen LogP contribution in [0.2, 0.25) is 0 Å². The summed E-state index contributed by atoms with van der Waals surface area (Å²) in [4.78, 5) is 15.2. The molecule has 2 heterocycles. The van der Waals surface area contributed by atoms with E-state index in [0.29, 0.717) is 18.8 Å². The minimum absolute atomic E-state index is 0.183. The average molecular weight is 394 g/mol. The van der Waals surface area contributed by atoms with E-state index in [1.807, 2.05) is 53.2 Å². The Morgan fingerprint density at radius 3 is 2.66 bits per heavy atom. The van der Waals surface area contributed by atoms with Gasteiger partial charge in [-0.05, 0) is 11.6 Å². The molecule has 3 aromatic rings. The maximum absolute atomic E-state index is 12.9. The second-order valence-electron chi connectivity index (χ2n) is 7.05. The van der Waals surface area contributed by atoms with Crippen molar-refractivity contribution in [3.05, 3.63) is 59.8 Å². The lowest BCUT2D eigenvalue weighted by Gasteiger charge is -2.26. The number of nitrogens with zero attached hydrogens (tertiary/aromatic N) is 3. The minimum atomic E-state index is -0.183. The van der Waals surface area contributed by atoms with Gasteiger partial charge in [0.05, 0.1) is 26.9 Å². The number of methoxy groups -OCH3 is 1. The van der Waals surface area contributed by atoms with Crippen molar-refractivity contribution < 1.29 is 14.3 Å². The van der Waals surface area contributed by atoms with E-state index in [4.69, 9.17) is 9.47 Å². The smallest absolute Gasteiger partial charge is 0.272 e. The van der Waals surface area contributed by atoms with Gasteiger partial charge in [0.25, 0.3) is 5.91 Å². The van der Waals surface area contributed by atoms with Crippen LogP contribution in [-0.2, 0) is 17.8 Å². The third kappa shape index (κ3) is 4.41. The predicted molar refractivity (Wildman–Crippen MR) is 111 cm³/mol. The Hall–Kier alpha value is -2.90. The Morgan fingerprint density at radius 1 is 1.10 bits per heavy atom. The normalized spacial score (nSPS) is 14.8. The van der Waals surface area contributed by atoms with E-state index in [1.165, 1.54) is 0 Å². The van der Waals surface area contributed by atoms with Crippen LogP contribution in [0.4, 0.5) is 0 Å². The molecule has 7 nitrogen and oxygen atoms in total. The molecule has 0 bridgehead atoms. The summed E-state index contributed by atoms with van der Waals surface area (Å²) < 4.78 is 12.9. The van der Waals surface area contributed by atoms with Crippen LogP contribution < -0.4 is 10.1 Å². The summed E-state index contributed by atoms with van der Waals surface area (Å²) in [7, 11) is 1.64. The Kier molecular flexibility index (Phi) is 6.07. The Balaban J connectivity index is 1.57. The third-order valence-electron chi connectivity index (χ3n) is 5.20. The number of benzene rings is 2. The fourth-order valence-corrected chi connectivity index (χ4v) is 3.62. The summed E-state index contributed by atoms with van der Waals surface area (Å²) in [5, 5.41) is 8.45. The molecule has 0 unspecified atom stereocenters. The molecule has 1 amide bonds. The number of fused-ring (bicyclic) bond motifs is 1. The van der Waals surface area contributed by atoms with E-state index < -0.39 is 0 Å². The summed E-state index contributed by atoms with van der Waals surface area (Å²) >= 11 is 0. The first-order chi connectivity index (χ1) is 14.3. The standard InChI is InChI=1S/C22H26N4O3/c1-28-19-9-5-8-18-20(22(27)23-16-17-6-3-2-4-7-17)24-26(21(18)19)11-10-25-12-14-29-15-13-25/h2-9H,10-16H2,1H3,(H,23,27). The van der Waals surface area contributed by atoms with Crippen molar-refractivity contribution in [3.63, 3.8) is 0 Å². The summed E-state index contributed by atoms with van der Waals surface area (Å²) in [5.41, 5.74) is 2.33. The molecule has 2 aromatic carbocycles. The monoisotopic (exact) mass is 394 g/mol. The molecule has 1 aromatic heterocycles. The summed E-state index contributed by atoms with van der Waals surface area (Å²) in [6.45, 7) is 5.35. The molecule has 7 heteroatoms. The quantitative estimate of drug-likeness (QED) is 0.666. The summed E-state index contributed by atoms with van der Waals surface area (Å²) in [6.07, 6.45) is 0.